The predicted molar refractivity (Wildman–Crippen MR) is 87.0 cm³/mol. The maximum absolute atomic E-state index is 12.9. The van der Waals surface area contributed by atoms with E-state index in [1.54, 1.807) is 0 Å². The standard InChI is InChI=1S/C17H18ClF6NO5/c1-29-11(26)10(25-12(27)16(19,20)21)9-8-2-7-3-14(18,5-8)6-15(9,4-7)30-13(28)17(22,23)24/h7-10H,2-6H2,1H3,(H,25,27)/t7?,8?,9?,10-,14?,15?/m0/s1. The minimum atomic E-state index is -5.36. The van der Waals surface area contributed by atoms with Gasteiger partial charge in [0, 0.05) is 17.2 Å². The van der Waals surface area contributed by atoms with Crippen molar-refractivity contribution >= 4 is 29.4 Å². The van der Waals surface area contributed by atoms with Crippen molar-refractivity contribution in [3.8, 4) is 0 Å². The van der Waals surface area contributed by atoms with E-state index in [4.69, 9.17) is 16.3 Å². The van der Waals surface area contributed by atoms with Gasteiger partial charge in [0.2, 0.25) is 0 Å². The lowest BCUT2D eigenvalue weighted by Gasteiger charge is -2.63. The number of alkyl halides is 7. The summed E-state index contributed by atoms with van der Waals surface area (Å²) >= 11 is 6.52. The summed E-state index contributed by atoms with van der Waals surface area (Å²) in [5.41, 5.74) is -1.96. The fourth-order valence-corrected chi connectivity index (χ4v) is 6.27. The smallest absolute Gasteiger partial charge is 0.467 e. The molecule has 4 aliphatic carbocycles. The summed E-state index contributed by atoms with van der Waals surface area (Å²) in [5, 5.41) is 1.53. The van der Waals surface area contributed by atoms with Crippen LogP contribution in [0.4, 0.5) is 26.3 Å². The minimum absolute atomic E-state index is 0.111. The highest BCUT2D eigenvalue weighted by Crippen LogP contribution is 2.64. The fourth-order valence-electron chi connectivity index (χ4n) is 5.63. The van der Waals surface area contributed by atoms with Crippen molar-refractivity contribution in [3.63, 3.8) is 0 Å². The van der Waals surface area contributed by atoms with E-state index in [1.807, 2.05) is 0 Å². The van der Waals surface area contributed by atoms with Crippen molar-refractivity contribution in [1.82, 2.24) is 5.32 Å². The van der Waals surface area contributed by atoms with Gasteiger partial charge in [-0.05, 0) is 37.5 Å². The first kappa shape index (κ1) is 23.0. The first-order valence-corrected chi connectivity index (χ1v) is 9.43. The van der Waals surface area contributed by atoms with Gasteiger partial charge in [-0.2, -0.15) is 26.3 Å². The molecule has 0 spiro atoms. The number of hydrogen-bond donors (Lipinski definition) is 1. The molecule has 13 heteroatoms. The van der Waals surface area contributed by atoms with E-state index in [0.717, 1.165) is 7.11 Å². The van der Waals surface area contributed by atoms with Crippen molar-refractivity contribution in [1.29, 1.82) is 0 Å². The zero-order valence-corrected chi connectivity index (χ0v) is 16.3. The maximum Gasteiger partial charge on any atom is 0.490 e. The van der Waals surface area contributed by atoms with Gasteiger partial charge in [-0.3, -0.25) is 4.79 Å². The summed E-state index contributed by atoms with van der Waals surface area (Å²) in [6, 6.07) is -1.96. The molecule has 170 valence electrons. The Hall–Kier alpha value is -1.72. The van der Waals surface area contributed by atoms with Gasteiger partial charge >= 0.3 is 30.2 Å². The van der Waals surface area contributed by atoms with E-state index in [1.165, 1.54) is 5.32 Å². The molecule has 0 aromatic rings. The first-order valence-electron chi connectivity index (χ1n) is 9.05. The number of nitrogens with one attached hydrogen (secondary N) is 1. The van der Waals surface area contributed by atoms with Crippen LogP contribution >= 0.6 is 11.6 Å². The van der Waals surface area contributed by atoms with Crippen LogP contribution < -0.4 is 5.32 Å². The van der Waals surface area contributed by atoms with Crippen LogP contribution in [0.5, 0.6) is 0 Å². The van der Waals surface area contributed by atoms with E-state index in [0.29, 0.717) is 12.8 Å². The molecule has 0 aromatic heterocycles. The Morgan fingerprint density at radius 3 is 2.20 bits per heavy atom. The van der Waals surface area contributed by atoms with Crippen LogP contribution in [-0.2, 0) is 23.9 Å². The van der Waals surface area contributed by atoms with Gasteiger partial charge in [0.15, 0.2) is 0 Å². The minimum Gasteiger partial charge on any atom is -0.467 e. The fraction of sp³-hybridized carbons (Fsp3) is 0.824. The van der Waals surface area contributed by atoms with Gasteiger partial charge in [-0.25, -0.2) is 9.59 Å². The lowest BCUT2D eigenvalue weighted by atomic mass is 9.48. The van der Waals surface area contributed by atoms with Crippen LogP contribution in [0.25, 0.3) is 0 Å². The van der Waals surface area contributed by atoms with E-state index in [-0.39, 0.29) is 25.2 Å². The molecule has 6 nitrogen and oxygen atoms in total. The quantitative estimate of drug-likeness (QED) is 0.392. The van der Waals surface area contributed by atoms with Crippen LogP contribution in [0, 0.1) is 17.8 Å². The number of halogens is 7. The Morgan fingerprint density at radius 1 is 1.07 bits per heavy atom. The molecular weight excluding hydrogens is 448 g/mol. The number of methoxy groups -OCH3 is 1. The topological polar surface area (TPSA) is 81.7 Å². The Kier molecular flexibility index (Phi) is 5.48. The molecule has 4 bridgehead atoms. The second kappa shape index (κ2) is 7.16. The molecule has 4 saturated carbocycles. The van der Waals surface area contributed by atoms with Crippen LogP contribution in [0.2, 0.25) is 0 Å². The van der Waals surface area contributed by atoms with E-state index in [2.05, 4.69) is 4.74 Å². The molecule has 0 aliphatic heterocycles. The lowest BCUT2D eigenvalue weighted by molar-refractivity contribution is -0.245. The van der Waals surface area contributed by atoms with Crippen LogP contribution in [-0.4, -0.2) is 53.8 Å². The molecule has 1 N–H and O–H groups in total. The highest BCUT2D eigenvalue weighted by molar-refractivity contribution is 6.24. The second-order valence-corrected chi connectivity index (χ2v) is 9.05. The molecule has 6 atom stereocenters. The normalized spacial score (nSPS) is 36.2. The third kappa shape index (κ3) is 4.06. The summed E-state index contributed by atoms with van der Waals surface area (Å²) in [6.07, 6.45) is -10.1. The molecule has 0 radical (unpaired) electrons. The number of esters is 2. The van der Waals surface area contributed by atoms with Crippen molar-refractivity contribution < 1.29 is 50.2 Å². The van der Waals surface area contributed by atoms with Crippen molar-refractivity contribution in [2.45, 2.75) is 61.0 Å². The molecular formula is C17H18ClF6NO5. The lowest BCUT2D eigenvalue weighted by Crippen LogP contribution is -2.70. The van der Waals surface area contributed by atoms with Gasteiger partial charge in [0.1, 0.15) is 11.6 Å². The summed E-state index contributed by atoms with van der Waals surface area (Å²) in [7, 11) is 0.864. The van der Waals surface area contributed by atoms with E-state index < -0.39 is 58.6 Å². The summed E-state index contributed by atoms with van der Waals surface area (Å²) in [5.74, 6) is -8.50. The number of rotatable bonds is 4. The van der Waals surface area contributed by atoms with Crippen molar-refractivity contribution in [3.05, 3.63) is 0 Å². The van der Waals surface area contributed by atoms with Crippen molar-refractivity contribution in [2.24, 2.45) is 17.8 Å². The highest BCUT2D eigenvalue weighted by atomic mass is 35.5. The molecule has 4 aliphatic rings. The monoisotopic (exact) mass is 465 g/mol. The van der Waals surface area contributed by atoms with Crippen LogP contribution in [0.15, 0.2) is 0 Å². The van der Waals surface area contributed by atoms with Crippen LogP contribution in [0.1, 0.15) is 32.1 Å². The Balaban J connectivity index is 2.03. The van der Waals surface area contributed by atoms with Crippen molar-refractivity contribution in [2.75, 3.05) is 7.11 Å². The van der Waals surface area contributed by atoms with Gasteiger partial charge in [-0.1, -0.05) is 0 Å². The zero-order valence-electron chi connectivity index (χ0n) is 15.5. The number of ether oxygens (including phenoxy) is 2. The Bertz CT molecular complexity index is 758. The maximum atomic E-state index is 12.9. The molecule has 5 unspecified atom stereocenters. The third-order valence-corrected chi connectivity index (χ3v) is 6.61. The second-order valence-electron chi connectivity index (χ2n) is 8.25. The Morgan fingerprint density at radius 2 is 1.70 bits per heavy atom. The van der Waals surface area contributed by atoms with Gasteiger partial charge in [0.05, 0.1) is 7.11 Å². The average Bonchev–Trinajstić information content (AvgIpc) is 2.56. The highest BCUT2D eigenvalue weighted by Gasteiger charge is 2.68. The number of amides is 1. The van der Waals surface area contributed by atoms with Gasteiger partial charge in [0.25, 0.3) is 0 Å². The molecule has 4 rings (SSSR count). The average molecular weight is 466 g/mol. The van der Waals surface area contributed by atoms with E-state index >= 15 is 0 Å². The summed E-state index contributed by atoms with van der Waals surface area (Å²) in [6.45, 7) is 0. The SMILES string of the molecule is COC(=O)[C@@H](NC(=O)C(F)(F)F)C1C2CC3CC(Cl)(C2)CC1(OC(=O)C(F)(F)F)C3. The summed E-state index contributed by atoms with van der Waals surface area (Å²) < 4.78 is 86.6. The molecule has 0 aromatic carbocycles. The molecule has 30 heavy (non-hydrogen) atoms. The zero-order chi connectivity index (χ0) is 22.7. The Labute approximate surface area is 171 Å². The van der Waals surface area contributed by atoms with Gasteiger partial charge in [-0.15, -0.1) is 11.6 Å². The predicted octanol–water partition coefficient (Wildman–Crippen LogP) is 2.87. The molecule has 4 fully saturated rings. The number of carbonyl (C=O) groups excluding carboxylic acids is 3. The van der Waals surface area contributed by atoms with Crippen LogP contribution in [0.3, 0.4) is 0 Å². The molecule has 1 amide bonds. The van der Waals surface area contributed by atoms with E-state index in [9.17, 15) is 40.7 Å². The molecule has 0 heterocycles. The van der Waals surface area contributed by atoms with Gasteiger partial charge < -0.3 is 14.8 Å². The summed E-state index contributed by atoms with van der Waals surface area (Å²) in [4.78, 5) is 34.5. The largest absolute Gasteiger partial charge is 0.490 e. The molecule has 0 saturated heterocycles. The number of hydrogen-bond acceptors (Lipinski definition) is 5. The first-order chi connectivity index (χ1) is 13.6. The third-order valence-electron chi connectivity index (χ3n) is 6.17. The number of carbonyl (C=O) groups is 3.